The van der Waals surface area contributed by atoms with E-state index in [1.165, 1.54) is 12.1 Å². The molecule has 0 aliphatic heterocycles. The summed E-state index contributed by atoms with van der Waals surface area (Å²) in [4.78, 5) is 0. The van der Waals surface area contributed by atoms with Crippen molar-refractivity contribution in [3.05, 3.63) is 35.6 Å². The van der Waals surface area contributed by atoms with Gasteiger partial charge in [0.15, 0.2) is 0 Å². The maximum absolute atomic E-state index is 12.3. The topological polar surface area (TPSA) is 0 Å². The van der Waals surface area contributed by atoms with Gasteiger partial charge in [-0.05, 0) is 12.1 Å². The van der Waals surface area contributed by atoms with Crippen LogP contribution in [0.25, 0.3) is 0 Å². The average Bonchev–Trinajstić information content (AvgIpc) is 1.88. The highest BCUT2D eigenvalue weighted by Crippen LogP contribution is 2.10. The van der Waals surface area contributed by atoms with Crippen molar-refractivity contribution < 1.29 is 4.39 Å². The summed E-state index contributed by atoms with van der Waals surface area (Å²) < 4.78 is 12.3. The van der Waals surface area contributed by atoms with Crippen molar-refractivity contribution >= 4 is 7.85 Å². The lowest BCUT2D eigenvalue weighted by atomic mass is 9.83. The average molecular weight is 134 g/mol. The van der Waals surface area contributed by atoms with Crippen LogP contribution in [0.5, 0.6) is 0 Å². The Morgan fingerprint density at radius 1 is 1.30 bits per heavy atom. The molecule has 0 bridgehead atoms. The van der Waals surface area contributed by atoms with Crippen molar-refractivity contribution in [1.29, 1.82) is 0 Å². The van der Waals surface area contributed by atoms with Gasteiger partial charge in [0.25, 0.3) is 0 Å². The lowest BCUT2D eigenvalue weighted by molar-refractivity contribution is 0.627. The van der Waals surface area contributed by atoms with Crippen LogP contribution in [0.15, 0.2) is 24.3 Å². The number of halogens is 1. The van der Waals surface area contributed by atoms with Gasteiger partial charge < -0.3 is 0 Å². The quantitative estimate of drug-likeness (QED) is 0.515. The molecule has 0 saturated carbocycles. The predicted octanol–water partition coefficient (Wildman–Crippen LogP) is 2.06. The SMILES string of the molecule is [B]C(C)c1ccc(F)cc1. The zero-order valence-electron chi connectivity index (χ0n) is 5.84. The van der Waals surface area contributed by atoms with E-state index in [9.17, 15) is 4.39 Å². The third kappa shape index (κ3) is 1.60. The number of benzene rings is 1. The first-order valence-electron chi connectivity index (χ1n) is 3.21. The van der Waals surface area contributed by atoms with Crippen LogP contribution in [-0.4, -0.2) is 7.85 Å². The van der Waals surface area contributed by atoms with Crippen molar-refractivity contribution in [2.45, 2.75) is 12.7 Å². The first kappa shape index (κ1) is 7.32. The van der Waals surface area contributed by atoms with E-state index in [2.05, 4.69) is 0 Å². The second kappa shape index (κ2) is 2.87. The van der Waals surface area contributed by atoms with Crippen LogP contribution in [0.4, 0.5) is 4.39 Å². The number of rotatable bonds is 1. The van der Waals surface area contributed by atoms with Gasteiger partial charge in [-0.25, -0.2) is 4.39 Å². The third-order valence-corrected chi connectivity index (χ3v) is 1.40. The van der Waals surface area contributed by atoms with Gasteiger partial charge in [-0.15, -0.1) is 0 Å². The summed E-state index contributed by atoms with van der Waals surface area (Å²) in [5.41, 5.74) is 0.960. The molecule has 0 aromatic heterocycles. The van der Waals surface area contributed by atoms with Crippen LogP contribution in [0.3, 0.4) is 0 Å². The zero-order chi connectivity index (χ0) is 7.56. The van der Waals surface area contributed by atoms with E-state index in [0.29, 0.717) is 0 Å². The molecule has 0 amide bonds. The Morgan fingerprint density at radius 2 is 1.80 bits per heavy atom. The maximum Gasteiger partial charge on any atom is 0.123 e. The minimum atomic E-state index is -0.218. The molecule has 2 radical (unpaired) electrons. The smallest absolute Gasteiger partial charge is 0.123 e. The van der Waals surface area contributed by atoms with Crippen LogP contribution < -0.4 is 0 Å². The molecule has 50 valence electrons. The molecule has 1 aromatic carbocycles. The molecule has 1 unspecified atom stereocenters. The molecule has 0 N–H and O–H groups in total. The molecular weight excluding hydrogens is 126 g/mol. The summed E-state index contributed by atoms with van der Waals surface area (Å²) in [5, 5.41) is 0. The largest absolute Gasteiger partial charge is 0.207 e. The molecule has 0 fully saturated rings. The van der Waals surface area contributed by atoms with E-state index in [1.807, 2.05) is 6.92 Å². The van der Waals surface area contributed by atoms with Crippen molar-refractivity contribution in [2.24, 2.45) is 0 Å². The fourth-order valence-electron chi connectivity index (χ4n) is 0.766. The summed E-state index contributed by atoms with van der Waals surface area (Å²) in [7, 11) is 5.54. The molecule has 1 rings (SSSR count). The Kier molecular flexibility index (Phi) is 2.10. The molecule has 0 aliphatic rings. The molecule has 0 spiro atoms. The molecule has 0 nitrogen and oxygen atoms in total. The summed E-state index contributed by atoms with van der Waals surface area (Å²) in [6.45, 7) is 1.87. The van der Waals surface area contributed by atoms with Gasteiger partial charge in [-0.2, -0.15) is 0 Å². The van der Waals surface area contributed by atoms with E-state index in [4.69, 9.17) is 7.85 Å². The van der Waals surface area contributed by atoms with Crippen LogP contribution in [0.1, 0.15) is 18.3 Å². The van der Waals surface area contributed by atoms with Gasteiger partial charge in [0.2, 0.25) is 0 Å². The van der Waals surface area contributed by atoms with Gasteiger partial charge in [0, 0.05) is 0 Å². The van der Waals surface area contributed by atoms with Gasteiger partial charge >= 0.3 is 0 Å². The lowest BCUT2D eigenvalue weighted by Crippen LogP contribution is -1.90. The molecule has 10 heavy (non-hydrogen) atoms. The van der Waals surface area contributed by atoms with E-state index in [0.717, 1.165) is 5.56 Å². The highest BCUT2D eigenvalue weighted by atomic mass is 19.1. The Morgan fingerprint density at radius 3 is 2.20 bits per heavy atom. The fourth-order valence-corrected chi connectivity index (χ4v) is 0.766. The third-order valence-electron chi connectivity index (χ3n) is 1.40. The van der Waals surface area contributed by atoms with Gasteiger partial charge in [-0.3, -0.25) is 0 Å². The van der Waals surface area contributed by atoms with Crippen LogP contribution in [-0.2, 0) is 0 Å². The molecule has 0 aliphatic carbocycles. The standard InChI is InChI=1S/C8H8BF/c1-6(9)7-2-4-8(10)5-3-7/h2-6H,1H3. The fraction of sp³-hybridized carbons (Fsp3) is 0.250. The Bertz CT molecular complexity index is 203. The van der Waals surface area contributed by atoms with Crippen molar-refractivity contribution in [3.8, 4) is 0 Å². The molecule has 1 aromatic rings. The summed E-state index contributed by atoms with van der Waals surface area (Å²) >= 11 is 0. The lowest BCUT2D eigenvalue weighted by Gasteiger charge is -2.02. The second-order valence-electron chi connectivity index (χ2n) is 2.34. The first-order chi connectivity index (χ1) is 4.70. The molecular formula is C8H8BF. The molecule has 0 saturated heterocycles. The molecule has 1 atom stereocenters. The number of hydrogen-bond acceptors (Lipinski definition) is 0. The van der Waals surface area contributed by atoms with Crippen LogP contribution in [0.2, 0.25) is 0 Å². The van der Waals surface area contributed by atoms with E-state index < -0.39 is 0 Å². The van der Waals surface area contributed by atoms with Gasteiger partial charge in [0.05, 0.1) is 7.85 Å². The monoisotopic (exact) mass is 134 g/mol. The normalized spacial score (nSPS) is 13.0. The Balaban J connectivity index is 2.89. The minimum absolute atomic E-state index is 0.0133. The molecule has 2 heteroatoms. The maximum atomic E-state index is 12.3. The zero-order valence-corrected chi connectivity index (χ0v) is 5.84. The Hall–Kier alpha value is -0.785. The van der Waals surface area contributed by atoms with E-state index in [-0.39, 0.29) is 11.6 Å². The molecule has 0 heterocycles. The second-order valence-corrected chi connectivity index (χ2v) is 2.34. The van der Waals surface area contributed by atoms with E-state index in [1.54, 1.807) is 12.1 Å². The Labute approximate surface area is 61.5 Å². The summed E-state index contributed by atoms with van der Waals surface area (Å²) in [6.07, 6.45) is 0. The van der Waals surface area contributed by atoms with Crippen LogP contribution in [0, 0.1) is 5.82 Å². The van der Waals surface area contributed by atoms with Gasteiger partial charge in [-0.1, -0.05) is 30.4 Å². The van der Waals surface area contributed by atoms with Crippen LogP contribution >= 0.6 is 0 Å². The summed E-state index contributed by atoms with van der Waals surface area (Å²) in [5.74, 6) is -0.231. The number of hydrogen-bond donors (Lipinski definition) is 0. The summed E-state index contributed by atoms with van der Waals surface area (Å²) in [6, 6.07) is 6.22. The minimum Gasteiger partial charge on any atom is -0.207 e. The van der Waals surface area contributed by atoms with Crippen molar-refractivity contribution in [1.82, 2.24) is 0 Å². The van der Waals surface area contributed by atoms with Crippen molar-refractivity contribution in [2.75, 3.05) is 0 Å². The van der Waals surface area contributed by atoms with Crippen molar-refractivity contribution in [3.63, 3.8) is 0 Å². The van der Waals surface area contributed by atoms with Gasteiger partial charge in [0.1, 0.15) is 5.82 Å². The predicted molar refractivity (Wildman–Crippen MR) is 40.6 cm³/mol. The highest BCUT2D eigenvalue weighted by Gasteiger charge is 1.96. The highest BCUT2D eigenvalue weighted by molar-refractivity contribution is 6.12. The first-order valence-corrected chi connectivity index (χ1v) is 3.21. The van der Waals surface area contributed by atoms with E-state index >= 15 is 0 Å².